The predicted octanol–water partition coefficient (Wildman–Crippen LogP) is 4.99. The number of hydrogen-bond donors (Lipinski definition) is 1. The SMILES string of the molecule is CCOc1cc(C(=O)Nc2cccc3nc(C)ccc23)cc(OCC)c1OCC. The first kappa shape index (κ1) is 20.5. The molecule has 3 aromatic rings. The van der Waals surface area contributed by atoms with Gasteiger partial charge >= 0.3 is 0 Å². The highest BCUT2D eigenvalue weighted by atomic mass is 16.5. The van der Waals surface area contributed by atoms with Crippen molar-refractivity contribution in [3.8, 4) is 17.2 Å². The number of aromatic nitrogens is 1. The summed E-state index contributed by atoms with van der Waals surface area (Å²) >= 11 is 0. The molecule has 6 heteroatoms. The highest BCUT2D eigenvalue weighted by Crippen LogP contribution is 2.39. The normalized spacial score (nSPS) is 10.6. The third-order valence-electron chi connectivity index (χ3n) is 4.29. The van der Waals surface area contributed by atoms with Crippen LogP contribution >= 0.6 is 0 Å². The average Bonchev–Trinajstić information content (AvgIpc) is 2.70. The zero-order valence-corrected chi connectivity index (χ0v) is 17.2. The molecular formula is C23H26N2O4. The van der Waals surface area contributed by atoms with Crippen LogP contribution in [0.3, 0.4) is 0 Å². The van der Waals surface area contributed by atoms with E-state index in [0.717, 1.165) is 16.6 Å². The van der Waals surface area contributed by atoms with Crippen molar-refractivity contribution in [1.82, 2.24) is 4.98 Å². The van der Waals surface area contributed by atoms with E-state index >= 15 is 0 Å². The van der Waals surface area contributed by atoms with Crippen LogP contribution in [0.5, 0.6) is 17.2 Å². The summed E-state index contributed by atoms with van der Waals surface area (Å²) in [5.74, 6) is 1.22. The molecule has 0 fully saturated rings. The van der Waals surface area contributed by atoms with Crippen LogP contribution in [-0.2, 0) is 0 Å². The summed E-state index contributed by atoms with van der Waals surface area (Å²) in [5, 5.41) is 3.86. The molecule has 3 rings (SSSR count). The molecule has 1 amide bonds. The van der Waals surface area contributed by atoms with Crippen molar-refractivity contribution < 1.29 is 19.0 Å². The van der Waals surface area contributed by atoms with Crippen molar-refractivity contribution in [2.45, 2.75) is 27.7 Å². The van der Waals surface area contributed by atoms with E-state index in [4.69, 9.17) is 14.2 Å². The van der Waals surface area contributed by atoms with Gasteiger partial charge in [-0.05, 0) is 64.1 Å². The van der Waals surface area contributed by atoms with Gasteiger partial charge in [0.15, 0.2) is 11.5 Å². The number of ether oxygens (including phenoxy) is 3. The lowest BCUT2D eigenvalue weighted by molar-refractivity contribution is 0.102. The van der Waals surface area contributed by atoms with Gasteiger partial charge in [0.1, 0.15) is 0 Å². The van der Waals surface area contributed by atoms with Crippen molar-refractivity contribution in [3.05, 3.63) is 53.7 Å². The fourth-order valence-electron chi connectivity index (χ4n) is 3.08. The second-order valence-corrected chi connectivity index (χ2v) is 6.38. The lowest BCUT2D eigenvalue weighted by Gasteiger charge is -2.17. The van der Waals surface area contributed by atoms with Gasteiger partial charge in [0.25, 0.3) is 5.91 Å². The molecule has 152 valence electrons. The van der Waals surface area contributed by atoms with Crippen LogP contribution in [0.2, 0.25) is 0 Å². The first-order valence-electron chi connectivity index (χ1n) is 9.81. The summed E-state index contributed by atoms with van der Waals surface area (Å²) in [7, 11) is 0. The van der Waals surface area contributed by atoms with Crippen molar-refractivity contribution >= 4 is 22.5 Å². The fraction of sp³-hybridized carbons (Fsp3) is 0.304. The standard InChI is InChI=1S/C23H26N2O4/c1-5-27-20-13-16(14-21(28-6-2)22(20)29-7-3)23(26)25-19-10-8-9-18-17(19)12-11-15(4)24-18/h8-14H,5-7H2,1-4H3,(H,25,26). The van der Waals surface area contributed by atoms with Gasteiger partial charge in [0, 0.05) is 16.6 Å². The van der Waals surface area contributed by atoms with Crippen LogP contribution in [0.15, 0.2) is 42.5 Å². The highest BCUT2D eigenvalue weighted by Gasteiger charge is 2.19. The third-order valence-corrected chi connectivity index (χ3v) is 4.29. The Balaban J connectivity index is 1.98. The van der Waals surface area contributed by atoms with Crippen molar-refractivity contribution in [1.29, 1.82) is 0 Å². The second kappa shape index (κ2) is 9.28. The number of carbonyl (C=O) groups excluding carboxylic acids is 1. The molecule has 0 saturated heterocycles. The molecule has 0 aliphatic heterocycles. The van der Waals surface area contributed by atoms with Gasteiger partial charge < -0.3 is 19.5 Å². The minimum atomic E-state index is -0.261. The Morgan fingerprint density at radius 2 is 1.59 bits per heavy atom. The Bertz CT molecular complexity index is 990. The lowest BCUT2D eigenvalue weighted by atomic mass is 10.1. The topological polar surface area (TPSA) is 69.7 Å². The summed E-state index contributed by atoms with van der Waals surface area (Å²) in [4.78, 5) is 17.5. The largest absolute Gasteiger partial charge is 0.490 e. The van der Waals surface area contributed by atoms with Gasteiger partial charge in [0.2, 0.25) is 5.75 Å². The number of fused-ring (bicyclic) bond motifs is 1. The monoisotopic (exact) mass is 394 g/mol. The number of benzene rings is 2. The Hall–Kier alpha value is -3.28. The van der Waals surface area contributed by atoms with Crippen LogP contribution in [0.4, 0.5) is 5.69 Å². The van der Waals surface area contributed by atoms with Gasteiger partial charge in [0.05, 0.1) is 31.0 Å². The number of pyridine rings is 1. The molecule has 1 aromatic heterocycles. The summed E-state index contributed by atoms with van der Waals surface area (Å²) in [6, 6.07) is 12.9. The van der Waals surface area contributed by atoms with Crippen LogP contribution in [0.25, 0.3) is 10.9 Å². The van der Waals surface area contributed by atoms with E-state index in [1.807, 2.05) is 58.0 Å². The summed E-state index contributed by atoms with van der Waals surface area (Å²) in [6.07, 6.45) is 0. The maximum absolute atomic E-state index is 13.0. The number of rotatable bonds is 8. The Morgan fingerprint density at radius 1 is 0.931 bits per heavy atom. The molecule has 0 saturated carbocycles. The van der Waals surface area contributed by atoms with Crippen LogP contribution in [0.1, 0.15) is 36.8 Å². The molecule has 0 radical (unpaired) electrons. The Morgan fingerprint density at radius 3 is 2.21 bits per heavy atom. The van der Waals surface area contributed by atoms with E-state index in [9.17, 15) is 4.79 Å². The average molecular weight is 394 g/mol. The molecule has 0 aliphatic rings. The number of nitrogens with one attached hydrogen (secondary N) is 1. The highest BCUT2D eigenvalue weighted by molar-refractivity contribution is 6.09. The van der Waals surface area contributed by atoms with Crippen LogP contribution in [-0.4, -0.2) is 30.7 Å². The fourth-order valence-corrected chi connectivity index (χ4v) is 3.08. The number of amides is 1. The molecule has 0 bridgehead atoms. The number of hydrogen-bond acceptors (Lipinski definition) is 5. The minimum absolute atomic E-state index is 0.261. The van der Waals surface area contributed by atoms with E-state index in [1.54, 1.807) is 12.1 Å². The Labute approximate surface area is 170 Å². The van der Waals surface area contributed by atoms with Crippen molar-refractivity contribution in [2.75, 3.05) is 25.1 Å². The first-order chi connectivity index (χ1) is 14.1. The smallest absolute Gasteiger partial charge is 0.255 e. The quantitative estimate of drug-likeness (QED) is 0.583. The van der Waals surface area contributed by atoms with Gasteiger partial charge in [-0.3, -0.25) is 9.78 Å². The molecule has 29 heavy (non-hydrogen) atoms. The minimum Gasteiger partial charge on any atom is -0.490 e. The molecule has 0 spiro atoms. The van der Waals surface area contributed by atoms with Crippen LogP contribution < -0.4 is 19.5 Å². The summed E-state index contributed by atoms with van der Waals surface area (Å²) < 4.78 is 17.1. The molecule has 6 nitrogen and oxygen atoms in total. The van der Waals surface area contributed by atoms with E-state index in [2.05, 4.69) is 10.3 Å². The zero-order valence-electron chi connectivity index (χ0n) is 17.2. The van der Waals surface area contributed by atoms with Crippen molar-refractivity contribution in [3.63, 3.8) is 0 Å². The maximum atomic E-state index is 13.0. The maximum Gasteiger partial charge on any atom is 0.255 e. The zero-order chi connectivity index (χ0) is 20.8. The molecular weight excluding hydrogens is 368 g/mol. The number of carbonyl (C=O) groups is 1. The van der Waals surface area contributed by atoms with E-state index in [0.29, 0.717) is 48.3 Å². The molecule has 0 aliphatic carbocycles. The molecule has 0 unspecified atom stereocenters. The van der Waals surface area contributed by atoms with Gasteiger partial charge in [-0.15, -0.1) is 0 Å². The van der Waals surface area contributed by atoms with Crippen LogP contribution in [0, 0.1) is 6.92 Å². The second-order valence-electron chi connectivity index (χ2n) is 6.38. The lowest BCUT2D eigenvalue weighted by Crippen LogP contribution is -2.13. The predicted molar refractivity (Wildman–Crippen MR) is 114 cm³/mol. The molecule has 1 N–H and O–H groups in total. The third kappa shape index (κ3) is 4.59. The number of aryl methyl sites for hydroxylation is 1. The number of nitrogens with zero attached hydrogens (tertiary/aromatic N) is 1. The van der Waals surface area contributed by atoms with Crippen molar-refractivity contribution in [2.24, 2.45) is 0 Å². The number of anilines is 1. The van der Waals surface area contributed by atoms with Gasteiger partial charge in [-0.1, -0.05) is 6.07 Å². The summed E-state index contributed by atoms with van der Waals surface area (Å²) in [5.41, 5.74) is 2.89. The summed E-state index contributed by atoms with van der Waals surface area (Å²) in [6.45, 7) is 8.96. The van der Waals surface area contributed by atoms with E-state index in [1.165, 1.54) is 0 Å². The van der Waals surface area contributed by atoms with Gasteiger partial charge in [-0.25, -0.2) is 0 Å². The molecule has 1 heterocycles. The first-order valence-corrected chi connectivity index (χ1v) is 9.81. The molecule has 2 aromatic carbocycles. The Kier molecular flexibility index (Phi) is 6.54. The molecule has 0 atom stereocenters. The van der Waals surface area contributed by atoms with E-state index in [-0.39, 0.29) is 5.91 Å². The van der Waals surface area contributed by atoms with Gasteiger partial charge in [-0.2, -0.15) is 0 Å². The van der Waals surface area contributed by atoms with E-state index < -0.39 is 0 Å².